The number of nitrogens with two attached hydrogens (primary N) is 1. The van der Waals surface area contributed by atoms with Crippen LogP contribution >= 0.6 is 15.9 Å². The second-order valence-corrected chi connectivity index (χ2v) is 7.28. The first-order chi connectivity index (χ1) is 10.2. The SMILES string of the molecule is COc1ccc(Br)c(C(CN)NCC(C2CC2)C2CC2)c1. The van der Waals surface area contributed by atoms with Crippen LogP contribution in [0.2, 0.25) is 0 Å². The molecule has 0 bridgehead atoms. The molecule has 2 aliphatic carbocycles. The van der Waals surface area contributed by atoms with E-state index in [2.05, 4.69) is 27.3 Å². The van der Waals surface area contributed by atoms with Gasteiger partial charge in [-0.25, -0.2) is 0 Å². The summed E-state index contributed by atoms with van der Waals surface area (Å²) in [5.41, 5.74) is 7.21. The average molecular weight is 353 g/mol. The van der Waals surface area contributed by atoms with E-state index in [9.17, 15) is 0 Å². The van der Waals surface area contributed by atoms with E-state index in [-0.39, 0.29) is 6.04 Å². The standard InChI is InChI=1S/C17H25BrN2O/c1-21-13-6-7-16(18)14(8-13)17(9-19)20-10-15(11-2-3-11)12-4-5-12/h6-8,11-12,15,17,20H,2-5,9-10,19H2,1H3. The Morgan fingerprint density at radius 2 is 1.95 bits per heavy atom. The smallest absolute Gasteiger partial charge is 0.119 e. The van der Waals surface area contributed by atoms with Crippen LogP contribution in [0.3, 0.4) is 0 Å². The number of halogens is 1. The molecule has 4 heteroatoms. The number of hydrogen-bond donors (Lipinski definition) is 2. The molecule has 1 aromatic carbocycles. The molecule has 3 rings (SSSR count). The molecule has 0 saturated heterocycles. The second kappa shape index (κ2) is 6.67. The molecule has 2 saturated carbocycles. The van der Waals surface area contributed by atoms with Crippen molar-refractivity contribution in [2.45, 2.75) is 31.7 Å². The van der Waals surface area contributed by atoms with Crippen LogP contribution in [0.15, 0.2) is 22.7 Å². The third-order valence-corrected chi connectivity index (χ3v) is 5.59. The highest BCUT2D eigenvalue weighted by Gasteiger charge is 2.41. The summed E-state index contributed by atoms with van der Waals surface area (Å²) < 4.78 is 6.43. The third kappa shape index (κ3) is 3.79. The van der Waals surface area contributed by atoms with Crippen molar-refractivity contribution in [3.05, 3.63) is 28.2 Å². The molecule has 116 valence electrons. The normalized spacial score (nSPS) is 19.8. The molecule has 1 atom stereocenters. The van der Waals surface area contributed by atoms with Crippen LogP contribution in [0, 0.1) is 17.8 Å². The molecule has 0 radical (unpaired) electrons. The summed E-state index contributed by atoms with van der Waals surface area (Å²) in [6.07, 6.45) is 5.72. The summed E-state index contributed by atoms with van der Waals surface area (Å²) in [5, 5.41) is 3.71. The van der Waals surface area contributed by atoms with Crippen molar-refractivity contribution in [1.29, 1.82) is 0 Å². The Balaban J connectivity index is 1.66. The zero-order valence-corrected chi connectivity index (χ0v) is 14.2. The van der Waals surface area contributed by atoms with Crippen molar-refractivity contribution >= 4 is 15.9 Å². The molecule has 1 aromatic rings. The highest BCUT2D eigenvalue weighted by Crippen LogP contribution is 2.49. The molecule has 0 aromatic heterocycles. The molecular formula is C17H25BrN2O. The van der Waals surface area contributed by atoms with E-state index < -0.39 is 0 Å². The summed E-state index contributed by atoms with van der Waals surface area (Å²) in [6, 6.07) is 6.28. The number of benzene rings is 1. The van der Waals surface area contributed by atoms with E-state index in [4.69, 9.17) is 10.5 Å². The quantitative estimate of drug-likeness (QED) is 0.752. The van der Waals surface area contributed by atoms with Gasteiger partial charge in [0.05, 0.1) is 7.11 Å². The van der Waals surface area contributed by atoms with Gasteiger partial charge in [-0.2, -0.15) is 0 Å². The van der Waals surface area contributed by atoms with Crippen molar-refractivity contribution in [3.63, 3.8) is 0 Å². The van der Waals surface area contributed by atoms with E-state index in [0.29, 0.717) is 6.54 Å². The number of hydrogen-bond acceptors (Lipinski definition) is 3. The van der Waals surface area contributed by atoms with E-state index in [1.54, 1.807) is 7.11 Å². The fraction of sp³-hybridized carbons (Fsp3) is 0.647. The minimum Gasteiger partial charge on any atom is -0.497 e. The van der Waals surface area contributed by atoms with Gasteiger partial charge in [-0.15, -0.1) is 0 Å². The van der Waals surface area contributed by atoms with Gasteiger partial charge < -0.3 is 15.8 Å². The predicted molar refractivity (Wildman–Crippen MR) is 89.4 cm³/mol. The van der Waals surface area contributed by atoms with Crippen molar-refractivity contribution in [2.24, 2.45) is 23.5 Å². The van der Waals surface area contributed by atoms with Crippen LogP contribution in [0.5, 0.6) is 5.75 Å². The van der Waals surface area contributed by atoms with E-state index in [0.717, 1.165) is 34.5 Å². The van der Waals surface area contributed by atoms with Gasteiger partial charge in [0.1, 0.15) is 5.75 Å². The number of rotatable bonds is 8. The van der Waals surface area contributed by atoms with Gasteiger partial charge in [-0.1, -0.05) is 15.9 Å². The largest absolute Gasteiger partial charge is 0.497 e. The maximum absolute atomic E-state index is 6.01. The zero-order valence-electron chi connectivity index (χ0n) is 12.6. The number of ether oxygens (including phenoxy) is 1. The molecule has 21 heavy (non-hydrogen) atoms. The summed E-state index contributed by atoms with van der Waals surface area (Å²) in [7, 11) is 1.70. The van der Waals surface area contributed by atoms with Gasteiger partial charge in [0.2, 0.25) is 0 Å². The molecule has 1 unspecified atom stereocenters. The van der Waals surface area contributed by atoms with Crippen LogP contribution in [0.25, 0.3) is 0 Å². The van der Waals surface area contributed by atoms with Crippen LogP contribution in [0.4, 0.5) is 0 Å². The molecule has 3 N–H and O–H groups in total. The van der Waals surface area contributed by atoms with Crippen molar-refractivity contribution in [3.8, 4) is 5.75 Å². The van der Waals surface area contributed by atoms with Crippen molar-refractivity contribution in [1.82, 2.24) is 5.32 Å². The Bertz CT molecular complexity index is 474. The summed E-state index contributed by atoms with van der Waals surface area (Å²) in [5.74, 6) is 3.69. The molecule has 3 nitrogen and oxygen atoms in total. The lowest BCUT2D eigenvalue weighted by Crippen LogP contribution is -2.33. The number of methoxy groups -OCH3 is 1. The first-order valence-electron chi connectivity index (χ1n) is 7.99. The molecule has 0 amide bonds. The summed E-state index contributed by atoms with van der Waals surface area (Å²) >= 11 is 3.64. The van der Waals surface area contributed by atoms with E-state index >= 15 is 0 Å². The van der Waals surface area contributed by atoms with Crippen molar-refractivity contribution < 1.29 is 4.74 Å². The first kappa shape index (κ1) is 15.3. The lowest BCUT2D eigenvalue weighted by atomic mass is 9.97. The van der Waals surface area contributed by atoms with Crippen molar-refractivity contribution in [2.75, 3.05) is 20.2 Å². The van der Waals surface area contributed by atoms with Crippen LogP contribution in [-0.4, -0.2) is 20.2 Å². The Morgan fingerprint density at radius 1 is 1.29 bits per heavy atom. The first-order valence-corrected chi connectivity index (χ1v) is 8.79. The molecule has 2 aliphatic rings. The lowest BCUT2D eigenvalue weighted by Gasteiger charge is -2.23. The van der Waals surface area contributed by atoms with Gasteiger partial charge in [-0.05, 0) is 73.7 Å². The lowest BCUT2D eigenvalue weighted by molar-refractivity contribution is 0.356. The predicted octanol–water partition coefficient (Wildman–Crippen LogP) is 3.48. The second-order valence-electron chi connectivity index (χ2n) is 6.42. The molecule has 2 fully saturated rings. The van der Waals surface area contributed by atoms with Crippen LogP contribution in [0.1, 0.15) is 37.3 Å². The fourth-order valence-electron chi connectivity index (χ4n) is 3.28. The zero-order chi connectivity index (χ0) is 14.8. The highest BCUT2D eigenvalue weighted by molar-refractivity contribution is 9.10. The van der Waals surface area contributed by atoms with Gasteiger partial charge in [-0.3, -0.25) is 0 Å². The number of nitrogens with one attached hydrogen (secondary N) is 1. The molecular weight excluding hydrogens is 328 g/mol. The minimum absolute atomic E-state index is 0.189. The topological polar surface area (TPSA) is 47.3 Å². The Morgan fingerprint density at radius 3 is 2.48 bits per heavy atom. The average Bonchev–Trinajstić information content (AvgIpc) is 3.38. The van der Waals surface area contributed by atoms with E-state index in [1.165, 1.54) is 31.2 Å². The maximum Gasteiger partial charge on any atom is 0.119 e. The molecule has 0 aliphatic heterocycles. The fourth-order valence-corrected chi connectivity index (χ4v) is 3.80. The summed E-state index contributed by atoms with van der Waals surface area (Å²) in [4.78, 5) is 0. The molecule has 0 heterocycles. The van der Waals surface area contributed by atoms with E-state index in [1.807, 2.05) is 12.1 Å². The highest BCUT2D eigenvalue weighted by atomic mass is 79.9. The van der Waals surface area contributed by atoms with Gasteiger partial charge in [0.25, 0.3) is 0 Å². The monoisotopic (exact) mass is 352 g/mol. The third-order valence-electron chi connectivity index (χ3n) is 4.87. The minimum atomic E-state index is 0.189. The Kier molecular flexibility index (Phi) is 4.87. The van der Waals surface area contributed by atoms with Gasteiger partial charge in [0, 0.05) is 17.1 Å². The van der Waals surface area contributed by atoms with Crippen LogP contribution in [-0.2, 0) is 0 Å². The van der Waals surface area contributed by atoms with Gasteiger partial charge >= 0.3 is 0 Å². The summed E-state index contributed by atoms with van der Waals surface area (Å²) in [6.45, 7) is 1.70. The van der Waals surface area contributed by atoms with Crippen LogP contribution < -0.4 is 15.8 Å². The Labute approximate surface area is 135 Å². The maximum atomic E-state index is 6.01. The van der Waals surface area contributed by atoms with Gasteiger partial charge in [0.15, 0.2) is 0 Å². The Hall–Kier alpha value is -0.580. The molecule has 0 spiro atoms.